The van der Waals surface area contributed by atoms with Gasteiger partial charge < -0.3 is 0 Å². The van der Waals surface area contributed by atoms with Crippen LogP contribution in [0.2, 0.25) is 0 Å². The number of rotatable bonds is 0. The Labute approximate surface area is 51.2 Å². The Morgan fingerprint density at radius 2 is 1.57 bits per heavy atom. The summed E-state index contributed by atoms with van der Waals surface area (Å²) in [4.78, 5) is 0. The maximum Gasteiger partial charge on any atom is 0.170 e. The first-order valence-corrected chi connectivity index (χ1v) is 3.24. The monoisotopic (exact) mass is 166 g/mol. The zero-order chi connectivity index (χ0) is 5.65. The molecule has 1 aliphatic rings. The van der Waals surface area contributed by atoms with Crippen LogP contribution in [0.3, 0.4) is 0 Å². The molecule has 1 aliphatic carbocycles. The Morgan fingerprint density at radius 3 is 1.57 bits per heavy atom. The lowest BCUT2D eigenvalue weighted by Gasteiger charge is -1.86. The van der Waals surface area contributed by atoms with Gasteiger partial charge in [0.25, 0.3) is 0 Å². The van der Waals surface area contributed by atoms with E-state index < -0.39 is 4.58 Å². The molecule has 1 fully saturated rings. The summed E-state index contributed by atoms with van der Waals surface area (Å²) in [6.45, 7) is 3.80. The zero-order valence-electron chi connectivity index (χ0n) is 4.41. The van der Waals surface area contributed by atoms with Crippen molar-refractivity contribution in [1.82, 2.24) is 0 Å². The molecule has 2 atom stereocenters. The molecule has 0 radical (unpaired) electrons. The van der Waals surface area contributed by atoms with Gasteiger partial charge in [-0.1, -0.05) is 13.8 Å². The topological polar surface area (TPSA) is 0 Å². The van der Waals surface area contributed by atoms with Gasteiger partial charge in [-0.2, -0.15) is 0 Å². The van der Waals surface area contributed by atoms with Gasteiger partial charge in [0.1, 0.15) is 0 Å². The van der Waals surface area contributed by atoms with Gasteiger partial charge in [-0.25, -0.2) is 4.39 Å². The van der Waals surface area contributed by atoms with E-state index in [4.69, 9.17) is 0 Å². The molecule has 0 saturated heterocycles. The van der Waals surface area contributed by atoms with Crippen LogP contribution in [0.5, 0.6) is 0 Å². The van der Waals surface area contributed by atoms with E-state index in [9.17, 15) is 4.39 Å². The molecular formula is C5H8BrF. The van der Waals surface area contributed by atoms with E-state index >= 15 is 0 Å². The maximum absolute atomic E-state index is 12.5. The van der Waals surface area contributed by atoms with E-state index in [1.807, 2.05) is 13.8 Å². The van der Waals surface area contributed by atoms with Crippen LogP contribution in [0.15, 0.2) is 0 Å². The van der Waals surface area contributed by atoms with Crippen molar-refractivity contribution in [3.8, 4) is 0 Å². The Morgan fingerprint density at radius 1 is 1.43 bits per heavy atom. The van der Waals surface area contributed by atoms with E-state index in [0.29, 0.717) is 0 Å². The predicted molar refractivity (Wildman–Crippen MR) is 31.1 cm³/mol. The third-order valence-corrected chi connectivity index (χ3v) is 3.30. The van der Waals surface area contributed by atoms with Crippen molar-refractivity contribution in [2.75, 3.05) is 0 Å². The first-order chi connectivity index (χ1) is 3.07. The van der Waals surface area contributed by atoms with Crippen LogP contribution in [0.25, 0.3) is 0 Å². The van der Waals surface area contributed by atoms with Crippen molar-refractivity contribution < 1.29 is 4.39 Å². The molecule has 0 N–H and O–H groups in total. The van der Waals surface area contributed by atoms with Gasteiger partial charge in [0.2, 0.25) is 0 Å². The summed E-state index contributed by atoms with van der Waals surface area (Å²) in [6.07, 6.45) is 0. The molecule has 0 nitrogen and oxygen atoms in total. The second-order valence-corrected chi connectivity index (χ2v) is 3.47. The highest BCUT2D eigenvalue weighted by Crippen LogP contribution is 2.57. The van der Waals surface area contributed by atoms with Crippen molar-refractivity contribution in [3.63, 3.8) is 0 Å². The summed E-state index contributed by atoms with van der Waals surface area (Å²) < 4.78 is 11.5. The number of alkyl halides is 2. The van der Waals surface area contributed by atoms with E-state index in [1.54, 1.807) is 0 Å². The number of hydrogen-bond acceptors (Lipinski definition) is 0. The fraction of sp³-hybridized carbons (Fsp3) is 1.00. The van der Waals surface area contributed by atoms with Crippen molar-refractivity contribution in [2.45, 2.75) is 18.4 Å². The van der Waals surface area contributed by atoms with Crippen LogP contribution in [0, 0.1) is 11.8 Å². The van der Waals surface area contributed by atoms with Gasteiger partial charge in [0, 0.05) is 11.8 Å². The molecule has 0 heterocycles. The molecule has 0 aromatic heterocycles. The average Bonchev–Trinajstić information content (AvgIpc) is 1.91. The standard InChI is InChI=1S/C5H8BrF/c1-3-4(2)5(3,6)7/h3-4H,1-2H3. The Balaban J connectivity index is 2.52. The molecule has 2 heteroatoms. The summed E-state index contributed by atoms with van der Waals surface area (Å²) in [7, 11) is 0. The number of halogens is 2. The Hall–Kier alpha value is 0.410. The maximum atomic E-state index is 12.5. The van der Waals surface area contributed by atoms with Crippen molar-refractivity contribution in [1.29, 1.82) is 0 Å². The molecular weight excluding hydrogens is 159 g/mol. The highest BCUT2D eigenvalue weighted by Gasteiger charge is 2.58. The Kier molecular flexibility index (Phi) is 0.965. The van der Waals surface area contributed by atoms with Gasteiger partial charge in [-0.15, -0.1) is 0 Å². The average molecular weight is 167 g/mol. The molecule has 42 valence electrons. The van der Waals surface area contributed by atoms with Crippen LogP contribution in [-0.2, 0) is 0 Å². The van der Waals surface area contributed by atoms with Crippen LogP contribution in [0.1, 0.15) is 13.8 Å². The molecule has 0 aliphatic heterocycles. The second kappa shape index (κ2) is 1.22. The highest BCUT2D eigenvalue weighted by atomic mass is 79.9. The third kappa shape index (κ3) is 0.600. The first-order valence-electron chi connectivity index (χ1n) is 2.44. The SMILES string of the molecule is CC1C(C)C1(F)Br. The van der Waals surface area contributed by atoms with Gasteiger partial charge in [-0.05, 0) is 15.9 Å². The summed E-state index contributed by atoms with van der Waals surface area (Å²) >= 11 is 2.95. The van der Waals surface area contributed by atoms with Crippen molar-refractivity contribution >= 4 is 15.9 Å². The van der Waals surface area contributed by atoms with Crippen LogP contribution < -0.4 is 0 Å². The van der Waals surface area contributed by atoms with Crippen LogP contribution in [-0.4, -0.2) is 4.58 Å². The van der Waals surface area contributed by atoms with E-state index in [-0.39, 0.29) is 11.8 Å². The summed E-state index contributed by atoms with van der Waals surface area (Å²) in [5.41, 5.74) is 0. The minimum atomic E-state index is -1.02. The van der Waals surface area contributed by atoms with Crippen molar-refractivity contribution in [3.05, 3.63) is 0 Å². The summed E-state index contributed by atoms with van der Waals surface area (Å²) in [5, 5.41) is 0. The zero-order valence-corrected chi connectivity index (χ0v) is 6.00. The highest BCUT2D eigenvalue weighted by molar-refractivity contribution is 9.10. The van der Waals surface area contributed by atoms with Crippen molar-refractivity contribution in [2.24, 2.45) is 11.8 Å². The molecule has 1 saturated carbocycles. The van der Waals surface area contributed by atoms with Gasteiger partial charge >= 0.3 is 0 Å². The quantitative estimate of drug-likeness (QED) is 0.485. The normalized spacial score (nSPS) is 60.0. The van der Waals surface area contributed by atoms with E-state index in [2.05, 4.69) is 15.9 Å². The lowest BCUT2D eigenvalue weighted by molar-refractivity contribution is 0.406. The largest absolute Gasteiger partial charge is 0.231 e. The lowest BCUT2D eigenvalue weighted by Crippen LogP contribution is -1.86. The molecule has 2 unspecified atom stereocenters. The second-order valence-electron chi connectivity index (χ2n) is 2.25. The van der Waals surface area contributed by atoms with E-state index in [0.717, 1.165) is 0 Å². The summed E-state index contributed by atoms with van der Waals surface area (Å²) in [5.74, 6) is 0.431. The Bertz CT molecular complexity index is 80.1. The van der Waals surface area contributed by atoms with Crippen LogP contribution >= 0.6 is 15.9 Å². The minimum absolute atomic E-state index is 0.215. The molecule has 0 aromatic rings. The smallest absolute Gasteiger partial charge is 0.170 e. The third-order valence-electron chi connectivity index (χ3n) is 1.86. The number of hydrogen-bond donors (Lipinski definition) is 0. The minimum Gasteiger partial charge on any atom is -0.231 e. The van der Waals surface area contributed by atoms with Gasteiger partial charge in [-0.3, -0.25) is 0 Å². The fourth-order valence-electron chi connectivity index (χ4n) is 0.674. The fourth-order valence-corrected chi connectivity index (χ4v) is 1.33. The van der Waals surface area contributed by atoms with Gasteiger partial charge in [0.15, 0.2) is 4.58 Å². The molecule has 0 bridgehead atoms. The first kappa shape index (κ1) is 5.54. The lowest BCUT2D eigenvalue weighted by atomic mass is 10.4. The molecule has 0 spiro atoms. The van der Waals surface area contributed by atoms with Crippen LogP contribution in [0.4, 0.5) is 4.39 Å². The van der Waals surface area contributed by atoms with E-state index in [1.165, 1.54) is 0 Å². The van der Waals surface area contributed by atoms with Gasteiger partial charge in [0.05, 0.1) is 0 Å². The summed E-state index contributed by atoms with van der Waals surface area (Å²) in [6, 6.07) is 0. The molecule has 1 rings (SSSR count). The predicted octanol–water partition coefficient (Wildman–Crippen LogP) is 2.33. The molecule has 7 heavy (non-hydrogen) atoms. The molecule has 0 aromatic carbocycles. The molecule has 0 amide bonds.